The molecular weight excluding hydrogens is 308 g/mol. The first-order valence-corrected chi connectivity index (χ1v) is 7.71. The van der Waals surface area contributed by atoms with E-state index in [4.69, 9.17) is 9.47 Å². The first-order valence-electron chi connectivity index (χ1n) is 7.71. The largest absolute Gasteiger partial charge is 0.497 e. The molecule has 0 saturated heterocycles. The van der Waals surface area contributed by atoms with Crippen molar-refractivity contribution in [1.82, 2.24) is 15.1 Å². The lowest BCUT2D eigenvalue weighted by atomic mass is 10.1. The molecule has 0 radical (unpaired) electrons. The number of carbonyl (C=O) groups is 1. The molecule has 0 aliphatic heterocycles. The zero-order valence-electron chi connectivity index (χ0n) is 14.8. The molecule has 0 bridgehead atoms. The molecule has 2 amide bonds. The van der Waals surface area contributed by atoms with Gasteiger partial charge < -0.3 is 20.1 Å². The SMILES string of the molecule is COc1cc(NC(=O)NCCc2c(C)nn(C)c2C)cc(OC)c1. The van der Waals surface area contributed by atoms with Crippen molar-refractivity contribution in [1.29, 1.82) is 0 Å². The van der Waals surface area contributed by atoms with E-state index in [1.807, 2.05) is 25.6 Å². The number of rotatable bonds is 6. The summed E-state index contributed by atoms with van der Waals surface area (Å²) < 4.78 is 12.2. The van der Waals surface area contributed by atoms with E-state index in [0.29, 0.717) is 23.7 Å². The highest BCUT2D eigenvalue weighted by Crippen LogP contribution is 2.25. The van der Waals surface area contributed by atoms with E-state index in [0.717, 1.165) is 17.8 Å². The van der Waals surface area contributed by atoms with Gasteiger partial charge in [0.25, 0.3) is 0 Å². The van der Waals surface area contributed by atoms with Crippen molar-refractivity contribution in [3.8, 4) is 11.5 Å². The maximum Gasteiger partial charge on any atom is 0.319 e. The van der Waals surface area contributed by atoms with Crippen LogP contribution in [0.1, 0.15) is 17.0 Å². The Labute approximate surface area is 142 Å². The van der Waals surface area contributed by atoms with Crippen LogP contribution in [0.4, 0.5) is 10.5 Å². The quantitative estimate of drug-likeness (QED) is 0.852. The van der Waals surface area contributed by atoms with Gasteiger partial charge in [-0.2, -0.15) is 5.10 Å². The van der Waals surface area contributed by atoms with Crippen LogP contribution in [0.15, 0.2) is 18.2 Å². The first kappa shape index (κ1) is 17.7. The van der Waals surface area contributed by atoms with Gasteiger partial charge >= 0.3 is 6.03 Å². The van der Waals surface area contributed by atoms with Gasteiger partial charge in [0, 0.05) is 43.2 Å². The number of benzene rings is 1. The summed E-state index contributed by atoms with van der Waals surface area (Å²) in [5, 5.41) is 10.0. The maximum atomic E-state index is 12.1. The number of carbonyl (C=O) groups excluding carboxylic acids is 1. The van der Waals surface area contributed by atoms with Crippen LogP contribution in [0.3, 0.4) is 0 Å². The van der Waals surface area contributed by atoms with Crippen LogP contribution in [-0.4, -0.2) is 36.6 Å². The second kappa shape index (κ2) is 7.72. The van der Waals surface area contributed by atoms with E-state index in [1.165, 1.54) is 5.56 Å². The highest BCUT2D eigenvalue weighted by Gasteiger charge is 2.10. The van der Waals surface area contributed by atoms with Crippen LogP contribution in [0.25, 0.3) is 0 Å². The number of anilines is 1. The Morgan fingerprint density at radius 1 is 1.17 bits per heavy atom. The Bertz CT molecular complexity index is 703. The predicted octanol–water partition coefficient (Wildman–Crippen LogP) is 2.42. The Hall–Kier alpha value is -2.70. The van der Waals surface area contributed by atoms with Crippen LogP contribution in [0.2, 0.25) is 0 Å². The first-order chi connectivity index (χ1) is 11.4. The van der Waals surface area contributed by atoms with Crippen molar-refractivity contribution in [3.63, 3.8) is 0 Å². The molecule has 24 heavy (non-hydrogen) atoms. The Morgan fingerprint density at radius 3 is 2.29 bits per heavy atom. The zero-order valence-corrected chi connectivity index (χ0v) is 14.8. The van der Waals surface area contributed by atoms with E-state index < -0.39 is 0 Å². The van der Waals surface area contributed by atoms with Gasteiger partial charge in [0.05, 0.1) is 19.9 Å². The molecule has 1 heterocycles. The fraction of sp³-hybridized carbons (Fsp3) is 0.412. The molecule has 2 N–H and O–H groups in total. The standard InChI is InChI=1S/C17H24N4O3/c1-11-16(12(2)21(3)20-11)6-7-18-17(22)19-13-8-14(23-4)10-15(9-13)24-5/h8-10H,6-7H2,1-5H3,(H2,18,19,22). The summed E-state index contributed by atoms with van der Waals surface area (Å²) >= 11 is 0. The fourth-order valence-corrected chi connectivity index (χ4v) is 2.54. The van der Waals surface area contributed by atoms with E-state index in [1.54, 1.807) is 32.4 Å². The lowest BCUT2D eigenvalue weighted by molar-refractivity contribution is 0.252. The van der Waals surface area contributed by atoms with Gasteiger partial charge in [0.15, 0.2) is 0 Å². The number of ether oxygens (including phenoxy) is 2. The van der Waals surface area contributed by atoms with Crippen LogP contribution < -0.4 is 20.1 Å². The monoisotopic (exact) mass is 332 g/mol. The van der Waals surface area contributed by atoms with Gasteiger partial charge in [-0.15, -0.1) is 0 Å². The summed E-state index contributed by atoms with van der Waals surface area (Å²) in [4.78, 5) is 12.1. The normalized spacial score (nSPS) is 10.4. The molecule has 0 fully saturated rings. The summed E-state index contributed by atoms with van der Waals surface area (Å²) in [5.74, 6) is 1.23. The summed E-state index contributed by atoms with van der Waals surface area (Å²) in [7, 11) is 5.05. The molecule has 2 rings (SSSR count). The van der Waals surface area contributed by atoms with E-state index in [9.17, 15) is 4.79 Å². The lowest BCUT2D eigenvalue weighted by Gasteiger charge is -2.11. The second-order valence-electron chi connectivity index (χ2n) is 5.51. The number of urea groups is 1. The van der Waals surface area contributed by atoms with Gasteiger partial charge in [-0.3, -0.25) is 4.68 Å². The molecule has 0 unspecified atom stereocenters. The van der Waals surface area contributed by atoms with Crippen LogP contribution in [-0.2, 0) is 13.5 Å². The van der Waals surface area contributed by atoms with Gasteiger partial charge in [-0.1, -0.05) is 0 Å². The third kappa shape index (κ3) is 4.18. The van der Waals surface area contributed by atoms with Crippen molar-refractivity contribution in [2.24, 2.45) is 7.05 Å². The molecule has 0 aliphatic rings. The van der Waals surface area contributed by atoms with Gasteiger partial charge in [0.2, 0.25) is 0 Å². The third-order valence-corrected chi connectivity index (χ3v) is 3.93. The van der Waals surface area contributed by atoms with Gasteiger partial charge in [-0.05, 0) is 25.8 Å². The molecule has 2 aromatic rings. The molecule has 0 aliphatic carbocycles. The van der Waals surface area contributed by atoms with Crippen molar-refractivity contribution in [2.75, 3.05) is 26.1 Å². The molecular formula is C17H24N4O3. The Kier molecular flexibility index (Phi) is 5.68. The minimum Gasteiger partial charge on any atom is -0.497 e. The molecule has 1 aromatic carbocycles. The van der Waals surface area contributed by atoms with Crippen LogP contribution in [0, 0.1) is 13.8 Å². The number of aryl methyl sites for hydroxylation is 2. The minimum atomic E-state index is -0.274. The fourth-order valence-electron chi connectivity index (χ4n) is 2.54. The third-order valence-electron chi connectivity index (χ3n) is 3.93. The number of hydrogen-bond acceptors (Lipinski definition) is 4. The number of aromatic nitrogens is 2. The van der Waals surface area contributed by atoms with E-state index in [-0.39, 0.29) is 6.03 Å². The van der Waals surface area contributed by atoms with E-state index in [2.05, 4.69) is 15.7 Å². The van der Waals surface area contributed by atoms with Crippen molar-refractivity contribution in [3.05, 3.63) is 35.2 Å². The molecule has 0 spiro atoms. The molecule has 1 aromatic heterocycles. The predicted molar refractivity (Wildman–Crippen MR) is 93.0 cm³/mol. The Morgan fingerprint density at radius 2 is 1.79 bits per heavy atom. The number of nitrogens with one attached hydrogen (secondary N) is 2. The van der Waals surface area contributed by atoms with Crippen molar-refractivity contribution >= 4 is 11.7 Å². The molecule has 130 valence electrons. The zero-order chi connectivity index (χ0) is 17.7. The summed E-state index contributed by atoms with van der Waals surface area (Å²) in [6.45, 7) is 4.53. The second-order valence-corrected chi connectivity index (χ2v) is 5.51. The van der Waals surface area contributed by atoms with E-state index >= 15 is 0 Å². The molecule has 7 nitrogen and oxygen atoms in total. The number of hydrogen-bond donors (Lipinski definition) is 2. The lowest BCUT2D eigenvalue weighted by Crippen LogP contribution is -2.30. The van der Waals surface area contributed by atoms with Crippen LogP contribution in [0.5, 0.6) is 11.5 Å². The molecule has 0 saturated carbocycles. The number of methoxy groups -OCH3 is 2. The minimum absolute atomic E-state index is 0.274. The smallest absolute Gasteiger partial charge is 0.319 e. The van der Waals surface area contributed by atoms with Gasteiger partial charge in [-0.25, -0.2) is 4.79 Å². The highest BCUT2D eigenvalue weighted by atomic mass is 16.5. The van der Waals surface area contributed by atoms with Crippen molar-refractivity contribution < 1.29 is 14.3 Å². The number of nitrogens with zero attached hydrogens (tertiary/aromatic N) is 2. The maximum absolute atomic E-state index is 12.1. The number of amides is 2. The van der Waals surface area contributed by atoms with Crippen molar-refractivity contribution in [2.45, 2.75) is 20.3 Å². The highest BCUT2D eigenvalue weighted by molar-refractivity contribution is 5.89. The summed E-state index contributed by atoms with van der Waals surface area (Å²) in [6, 6.07) is 4.94. The molecule has 0 atom stereocenters. The average Bonchev–Trinajstić information content (AvgIpc) is 2.80. The van der Waals surface area contributed by atoms with Gasteiger partial charge in [0.1, 0.15) is 11.5 Å². The summed E-state index contributed by atoms with van der Waals surface area (Å²) in [5.41, 5.74) is 3.89. The van der Waals surface area contributed by atoms with Crippen LogP contribution >= 0.6 is 0 Å². The Balaban J connectivity index is 1.92. The summed E-state index contributed by atoms with van der Waals surface area (Å²) in [6.07, 6.45) is 0.736. The average molecular weight is 332 g/mol. The molecule has 7 heteroatoms. The topological polar surface area (TPSA) is 77.4 Å².